The molecule has 126 valence electrons. The van der Waals surface area contributed by atoms with E-state index in [1.807, 2.05) is 19.9 Å². The van der Waals surface area contributed by atoms with E-state index in [4.69, 9.17) is 0 Å². The molecule has 2 aromatic rings. The van der Waals surface area contributed by atoms with Crippen LogP contribution < -0.4 is 10.9 Å². The Morgan fingerprint density at radius 3 is 2.46 bits per heavy atom. The van der Waals surface area contributed by atoms with E-state index in [9.17, 15) is 4.79 Å². The van der Waals surface area contributed by atoms with Crippen molar-refractivity contribution in [2.75, 3.05) is 0 Å². The van der Waals surface area contributed by atoms with Crippen LogP contribution in [0.25, 0.3) is 16.8 Å². The molecule has 0 bridgehead atoms. The Morgan fingerprint density at radius 2 is 1.79 bits per heavy atom. The van der Waals surface area contributed by atoms with E-state index in [1.54, 1.807) is 0 Å². The molecule has 0 aromatic heterocycles. The summed E-state index contributed by atoms with van der Waals surface area (Å²) in [5.74, 6) is -0.0453. The number of unbranched alkanes of at least 4 members (excludes halogenated alkanes) is 2. The second-order valence-electron chi connectivity index (χ2n) is 7.08. The lowest BCUT2D eigenvalue weighted by Gasteiger charge is -2.17. The number of amides is 1. The van der Waals surface area contributed by atoms with Gasteiger partial charge in [0.2, 0.25) is 0 Å². The molecule has 1 fully saturated rings. The van der Waals surface area contributed by atoms with Gasteiger partial charge in [-0.15, -0.1) is 0 Å². The van der Waals surface area contributed by atoms with Crippen molar-refractivity contribution in [3.63, 3.8) is 0 Å². The smallest absolute Gasteiger partial charge is 0.263 e. The van der Waals surface area contributed by atoms with E-state index < -0.39 is 0 Å². The van der Waals surface area contributed by atoms with Gasteiger partial charge in [0, 0.05) is 5.57 Å². The summed E-state index contributed by atoms with van der Waals surface area (Å²) in [4.78, 5) is 12.1. The standard InChI is InChI=1S/C21H26N2O/c1-4-5-6-9-15-12-13-16(18-11-8-7-10-17(15)18)14-19-20(24)22-23-21(19,2)3/h7-8,10-14,23H,4-6,9H2,1-3H3,(H,22,24)/b19-14+. The van der Waals surface area contributed by atoms with Gasteiger partial charge in [-0.25, -0.2) is 5.43 Å². The van der Waals surface area contributed by atoms with Crippen LogP contribution in [0.3, 0.4) is 0 Å². The summed E-state index contributed by atoms with van der Waals surface area (Å²) in [5.41, 5.74) is 8.67. The van der Waals surface area contributed by atoms with Crippen LogP contribution in [0.1, 0.15) is 51.2 Å². The molecular weight excluding hydrogens is 296 g/mol. The topological polar surface area (TPSA) is 41.1 Å². The second-order valence-corrected chi connectivity index (χ2v) is 7.08. The van der Waals surface area contributed by atoms with Gasteiger partial charge in [0.15, 0.2) is 0 Å². The van der Waals surface area contributed by atoms with Gasteiger partial charge in [-0.05, 0) is 54.7 Å². The third-order valence-electron chi connectivity index (χ3n) is 4.80. The Balaban J connectivity index is 2.04. The first kappa shape index (κ1) is 16.7. The molecule has 0 aliphatic carbocycles. The summed E-state index contributed by atoms with van der Waals surface area (Å²) in [6, 6.07) is 12.9. The van der Waals surface area contributed by atoms with Gasteiger partial charge < -0.3 is 0 Å². The highest BCUT2D eigenvalue weighted by Gasteiger charge is 2.34. The zero-order chi connectivity index (χ0) is 17.2. The molecule has 3 rings (SSSR count). The number of benzene rings is 2. The number of hydrazine groups is 1. The van der Waals surface area contributed by atoms with Crippen molar-refractivity contribution in [2.24, 2.45) is 0 Å². The normalized spacial score (nSPS) is 18.3. The van der Waals surface area contributed by atoms with E-state index in [1.165, 1.54) is 35.6 Å². The van der Waals surface area contributed by atoms with Crippen molar-refractivity contribution < 1.29 is 4.79 Å². The first-order chi connectivity index (χ1) is 11.5. The number of aryl methyl sites for hydroxylation is 1. The van der Waals surface area contributed by atoms with Crippen molar-refractivity contribution >= 4 is 22.8 Å². The fourth-order valence-corrected chi connectivity index (χ4v) is 3.33. The molecule has 0 unspecified atom stereocenters. The minimum absolute atomic E-state index is 0.0453. The van der Waals surface area contributed by atoms with Crippen molar-refractivity contribution in [3.8, 4) is 0 Å². The summed E-state index contributed by atoms with van der Waals surface area (Å²) >= 11 is 0. The molecule has 2 N–H and O–H groups in total. The van der Waals surface area contributed by atoms with Gasteiger partial charge in [0.25, 0.3) is 5.91 Å². The summed E-state index contributed by atoms with van der Waals surface area (Å²) < 4.78 is 0. The second kappa shape index (κ2) is 6.78. The van der Waals surface area contributed by atoms with Gasteiger partial charge in [0.05, 0.1) is 5.54 Å². The quantitative estimate of drug-likeness (QED) is 0.634. The maximum atomic E-state index is 12.1. The number of hydrogen-bond acceptors (Lipinski definition) is 2. The monoisotopic (exact) mass is 322 g/mol. The largest absolute Gasteiger partial charge is 0.287 e. The van der Waals surface area contributed by atoms with Gasteiger partial charge in [-0.1, -0.05) is 56.2 Å². The summed E-state index contributed by atoms with van der Waals surface area (Å²) in [7, 11) is 0. The summed E-state index contributed by atoms with van der Waals surface area (Å²) in [6.07, 6.45) is 6.85. The molecule has 0 atom stereocenters. The van der Waals surface area contributed by atoms with E-state index in [0.29, 0.717) is 0 Å². The molecular formula is C21H26N2O. The van der Waals surface area contributed by atoms with Gasteiger partial charge in [-0.3, -0.25) is 10.2 Å². The summed E-state index contributed by atoms with van der Waals surface area (Å²) in [5, 5.41) is 2.52. The highest BCUT2D eigenvalue weighted by atomic mass is 16.2. The molecule has 1 aliphatic heterocycles. The average Bonchev–Trinajstić information content (AvgIpc) is 2.83. The van der Waals surface area contributed by atoms with E-state index in [0.717, 1.165) is 17.6 Å². The van der Waals surface area contributed by atoms with Crippen LogP contribution in [-0.4, -0.2) is 11.4 Å². The molecule has 24 heavy (non-hydrogen) atoms. The zero-order valence-electron chi connectivity index (χ0n) is 14.8. The van der Waals surface area contributed by atoms with Crippen molar-refractivity contribution in [1.82, 2.24) is 10.9 Å². The highest BCUT2D eigenvalue weighted by Crippen LogP contribution is 2.29. The molecule has 2 aromatic carbocycles. The lowest BCUT2D eigenvalue weighted by atomic mass is 9.91. The first-order valence-corrected chi connectivity index (χ1v) is 8.83. The van der Waals surface area contributed by atoms with Crippen molar-refractivity contribution in [3.05, 3.63) is 53.1 Å². The number of fused-ring (bicyclic) bond motifs is 1. The first-order valence-electron chi connectivity index (χ1n) is 8.83. The SMILES string of the molecule is CCCCCc1ccc(/C=C2\C(=O)NNC2(C)C)c2ccccc12. The predicted molar refractivity (Wildman–Crippen MR) is 101 cm³/mol. The molecule has 0 saturated carbocycles. The van der Waals surface area contributed by atoms with Crippen LogP contribution in [0.15, 0.2) is 42.0 Å². The van der Waals surface area contributed by atoms with Crippen LogP contribution in [0.2, 0.25) is 0 Å². The van der Waals surface area contributed by atoms with Crippen LogP contribution in [0, 0.1) is 0 Å². The Morgan fingerprint density at radius 1 is 1.04 bits per heavy atom. The molecule has 1 heterocycles. The number of carbonyl (C=O) groups is 1. The molecule has 3 heteroatoms. The minimum atomic E-state index is -0.363. The van der Waals surface area contributed by atoms with Crippen molar-refractivity contribution in [2.45, 2.75) is 52.0 Å². The van der Waals surface area contributed by atoms with Crippen LogP contribution in [-0.2, 0) is 11.2 Å². The van der Waals surface area contributed by atoms with Crippen molar-refractivity contribution in [1.29, 1.82) is 0 Å². The number of hydrogen-bond donors (Lipinski definition) is 2. The average molecular weight is 322 g/mol. The fourth-order valence-electron chi connectivity index (χ4n) is 3.33. The van der Waals surface area contributed by atoms with E-state index in [2.05, 4.69) is 54.2 Å². The number of nitrogens with one attached hydrogen (secondary N) is 2. The fraction of sp³-hybridized carbons (Fsp3) is 0.381. The Bertz CT molecular complexity index is 790. The maximum absolute atomic E-state index is 12.1. The lowest BCUT2D eigenvalue weighted by molar-refractivity contribution is -0.116. The van der Waals surface area contributed by atoms with Gasteiger partial charge in [0.1, 0.15) is 0 Å². The third kappa shape index (κ3) is 3.22. The van der Waals surface area contributed by atoms with Gasteiger partial charge in [-0.2, -0.15) is 0 Å². The minimum Gasteiger partial charge on any atom is -0.287 e. The predicted octanol–water partition coefficient (Wildman–Crippen LogP) is 4.37. The molecule has 3 nitrogen and oxygen atoms in total. The van der Waals surface area contributed by atoms with Crippen LogP contribution in [0.5, 0.6) is 0 Å². The van der Waals surface area contributed by atoms with Crippen LogP contribution >= 0.6 is 0 Å². The molecule has 0 spiro atoms. The zero-order valence-corrected chi connectivity index (χ0v) is 14.8. The van der Waals surface area contributed by atoms with E-state index >= 15 is 0 Å². The van der Waals surface area contributed by atoms with E-state index in [-0.39, 0.29) is 11.4 Å². The maximum Gasteiger partial charge on any atom is 0.263 e. The Hall–Kier alpha value is -2.13. The number of carbonyl (C=O) groups excluding carboxylic acids is 1. The highest BCUT2D eigenvalue weighted by molar-refractivity contribution is 6.04. The number of rotatable bonds is 5. The Kier molecular flexibility index (Phi) is 4.72. The van der Waals surface area contributed by atoms with Gasteiger partial charge >= 0.3 is 0 Å². The molecule has 1 saturated heterocycles. The molecule has 1 amide bonds. The molecule has 1 aliphatic rings. The van der Waals surface area contributed by atoms with Crippen LogP contribution in [0.4, 0.5) is 0 Å². The summed E-state index contributed by atoms with van der Waals surface area (Å²) in [6.45, 7) is 6.26. The molecule has 0 radical (unpaired) electrons. The third-order valence-corrected chi connectivity index (χ3v) is 4.80. The lowest BCUT2D eigenvalue weighted by Crippen LogP contribution is -2.38. The Labute approximate surface area is 144 Å².